The Bertz CT molecular complexity index is 732. The SMILES string of the molecule is Cc1nn(C)cc1CCC(=O)Nc1ccc(NC(=O)CC(C)C)cc1. The number of rotatable bonds is 7. The van der Waals surface area contributed by atoms with E-state index in [1.807, 2.05) is 34.0 Å². The number of aryl methyl sites for hydroxylation is 3. The summed E-state index contributed by atoms with van der Waals surface area (Å²) < 4.78 is 1.76. The first-order valence-electron chi connectivity index (χ1n) is 8.52. The van der Waals surface area contributed by atoms with Crippen LogP contribution in [0.1, 0.15) is 37.9 Å². The summed E-state index contributed by atoms with van der Waals surface area (Å²) in [4.78, 5) is 23.8. The first kappa shape index (κ1) is 18.7. The fourth-order valence-electron chi connectivity index (χ4n) is 2.59. The average molecular weight is 342 g/mol. The zero-order valence-electron chi connectivity index (χ0n) is 15.3. The molecule has 0 aliphatic rings. The Kier molecular flexibility index (Phi) is 6.33. The predicted molar refractivity (Wildman–Crippen MR) is 99.4 cm³/mol. The molecule has 0 saturated carbocycles. The van der Waals surface area contributed by atoms with Crippen molar-refractivity contribution >= 4 is 23.2 Å². The molecule has 0 bridgehead atoms. The van der Waals surface area contributed by atoms with E-state index in [1.54, 1.807) is 28.9 Å². The Morgan fingerprint density at radius 1 is 1.08 bits per heavy atom. The second-order valence-corrected chi connectivity index (χ2v) is 6.69. The number of benzene rings is 1. The molecule has 0 atom stereocenters. The third-order valence-electron chi connectivity index (χ3n) is 3.78. The Morgan fingerprint density at radius 2 is 1.64 bits per heavy atom. The molecular weight excluding hydrogens is 316 g/mol. The smallest absolute Gasteiger partial charge is 0.224 e. The topological polar surface area (TPSA) is 76.0 Å². The molecule has 0 unspecified atom stereocenters. The minimum Gasteiger partial charge on any atom is -0.326 e. The van der Waals surface area contributed by atoms with E-state index in [4.69, 9.17) is 0 Å². The van der Waals surface area contributed by atoms with Gasteiger partial charge in [0.15, 0.2) is 0 Å². The minimum atomic E-state index is -0.0418. The lowest BCUT2D eigenvalue weighted by atomic mass is 10.1. The summed E-state index contributed by atoms with van der Waals surface area (Å²) in [6.07, 6.45) is 3.50. The number of amides is 2. The maximum absolute atomic E-state index is 12.1. The highest BCUT2D eigenvalue weighted by Crippen LogP contribution is 2.15. The molecule has 25 heavy (non-hydrogen) atoms. The van der Waals surface area contributed by atoms with Crippen molar-refractivity contribution in [1.29, 1.82) is 0 Å². The summed E-state index contributed by atoms with van der Waals surface area (Å²) in [7, 11) is 1.87. The van der Waals surface area contributed by atoms with Gasteiger partial charge in [0.25, 0.3) is 0 Å². The van der Waals surface area contributed by atoms with Crippen molar-refractivity contribution in [2.24, 2.45) is 13.0 Å². The van der Waals surface area contributed by atoms with Crippen LogP contribution >= 0.6 is 0 Å². The van der Waals surface area contributed by atoms with Crippen molar-refractivity contribution in [3.8, 4) is 0 Å². The highest BCUT2D eigenvalue weighted by atomic mass is 16.2. The van der Waals surface area contributed by atoms with Crippen LogP contribution in [0, 0.1) is 12.8 Å². The molecule has 1 heterocycles. The zero-order valence-corrected chi connectivity index (χ0v) is 15.3. The molecule has 6 nitrogen and oxygen atoms in total. The van der Waals surface area contributed by atoms with E-state index in [9.17, 15) is 9.59 Å². The highest BCUT2D eigenvalue weighted by molar-refractivity contribution is 5.93. The van der Waals surface area contributed by atoms with Crippen molar-refractivity contribution < 1.29 is 9.59 Å². The standard InChI is InChI=1S/C19H26N4O2/c1-13(2)11-19(25)21-17-8-6-16(7-9-17)20-18(24)10-5-15-12-23(4)22-14(15)3/h6-9,12-13H,5,10-11H2,1-4H3,(H,20,24)(H,21,25). The van der Waals surface area contributed by atoms with Gasteiger partial charge < -0.3 is 10.6 Å². The van der Waals surface area contributed by atoms with Gasteiger partial charge in [-0.25, -0.2) is 0 Å². The van der Waals surface area contributed by atoms with Crippen molar-refractivity contribution in [3.63, 3.8) is 0 Å². The van der Waals surface area contributed by atoms with Gasteiger partial charge in [-0.3, -0.25) is 14.3 Å². The normalized spacial score (nSPS) is 10.8. The van der Waals surface area contributed by atoms with Crippen LogP contribution < -0.4 is 10.6 Å². The molecule has 0 radical (unpaired) electrons. The average Bonchev–Trinajstić information content (AvgIpc) is 2.84. The van der Waals surface area contributed by atoms with Gasteiger partial charge in [-0.2, -0.15) is 5.10 Å². The Balaban J connectivity index is 1.83. The largest absolute Gasteiger partial charge is 0.326 e. The van der Waals surface area contributed by atoms with Crippen LogP contribution in [0.3, 0.4) is 0 Å². The van der Waals surface area contributed by atoms with Crippen molar-refractivity contribution in [3.05, 3.63) is 41.7 Å². The first-order chi connectivity index (χ1) is 11.8. The molecule has 1 aromatic heterocycles. The van der Waals surface area contributed by atoms with E-state index in [0.717, 1.165) is 22.6 Å². The number of aromatic nitrogens is 2. The summed E-state index contributed by atoms with van der Waals surface area (Å²) in [6, 6.07) is 7.16. The second-order valence-electron chi connectivity index (χ2n) is 6.69. The van der Waals surface area contributed by atoms with E-state index < -0.39 is 0 Å². The van der Waals surface area contributed by atoms with E-state index in [0.29, 0.717) is 25.2 Å². The molecule has 6 heteroatoms. The van der Waals surface area contributed by atoms with Gasteiger partial charge in [0, 0.05) is 37.5 Å². The summed E-state index contributed by atoms with van der Waals surface area (Å²) in [5, 5.41) is 9.99. The number of nitrogens with zero attached hydrogens (tertiary/aromatic N) is 2. The second kappa shape index (κ2) is 8.46. The Labute approximate surface area is 148 Å². The molecule has 0 fully saturated rings. The number of nitrogens with one attached hydrogen (secondary N) is 2. The van der Waals surface area contributed by atoms with Crippen LogP contribution in [0.4, 0.5) is 11.4 Å². The van der Waals surface area contributed by atoms with Crippen LogP contribution in [0.5, 0.6) is 0 Å². The zero-order chi connectivity index (χ0) is 18.4. The first-order valence-corrected chi connectivity index (χ1v) is 8.52. The predicted octanol–water partition coefficient (Wildman–Crippen LogP) is 3.28. The van der Waals surface area contributed by atoms with Crippen LogP contribution in [-0.2, 0) is 23.1 Å². The summed E-state index contributed by atoms with van der Waals surface area (Å²) in [5.74, 6) is 0.278. The molecule has 0 saturated heterocycles. The number of carbonyl (C=O) groups excluding carboxylic acids is 2. The summed E-state index contributed by atoms with van der Waals surface area (Å²) in [6.45, 7) is 5.95. The molecule has 2 aromatic rings. The van der Waals surface area contributed by atoms with E-state index in [-0.39, 0.29) is 11.8 Å². The van der Waals surface area contributed by atoms with Crippen LogP contribution in [-0.4, -0.2) is 21.6 Å². The number of hydrogen-bond donors (Lipinski definition) is 2. The van der Waals surface area contributed by atoms with Gasteiger partial charge in [0.1, 0.15) is 0 Å². The van der Waals surface area contributed by atoms with Gasteiger partial charge in [0.05, 0.1) is 5.69 Å². The summed E-state index contributed by atoms with van der Waals surface area (Å²) in [5.41, 5.74) is 3.49. The summed E-state index contributed by atoms with van der Waals surface area (Å²) >= 11 is 0. The fourth-order valence-corrected chi connectivity index (χ4v) is 2.59. The minimum absolute atomic E-state index is 0.00127. The molecule has 0 spiro atoms. The van der Waals surface area contributed by atoms with Crippen LogP contribution in [0.15, 0.2) is 30.5 Å². The lowest BCUT2D eigenvalue weighted by Gasteiger charge is -2.09. The Morgan fingerprint density at radius 3 is 2.12 bits per heavy atom. The van der Waals surface area contributed by atoms with Crippen molar-refractivity contribution in [1.82, 2.24) is 9.78 Å². The lowest BCUT2D eigenvalue weighted by Crippen LogP contribution is -2.14. The van der Waals surface area contributed by atoms with Gasteiger partial charge in [-0.1, -0.05) is 13.8 Å². The van der Waals surface area contributed by atoms with Gasteiger partial charge in [0.2, 0.25) is 11.8 Å². The molecule has 134 valence electrons. The molecule has 2 N–H and O–H groups in total. The molecule has 1 aromatic carbocycles. The van der Waals surface area contributed by atoms with E-state index in [1.165, 1.54) is 0 Å². The molecular formula is C19H26N4O2. The number of hydrogen-bond acceptors (Lipinski definition) is 3. The fraction of sp³-hybridized carbons (Fsp3) is 0.421. The maximum atomic E-state index is 12.1. The van der Waals surface area contributed by atoms with Crippen molar-refractivity contribution in [2.75, 3.05) is 10.6 Å². The van der Waals surface area contributed by atoms with E-state index in [2.05, 4.69) is 15.7 Å². The van der Waals surface area contributed by atoms with Crippen LogP contribution in [0.2, 0.25) is 0 Å². The molecule has 0 aliphatic heterocycles. The molecule has 0 aliphatic carbocycles. The highest BCUT2D eigenvalue weighted by Gasteiger charge is 2.08. The lowest BCUT2D eigenvalue weighted by molar-refractivity contribution is -0.117. The quantitative estimate of drug-likeness (QED) is 0.811. The van der Waals surface area contributed by atoms with Crippen molar-refractivity contribution in [2.45, 2.75) is 40.0 Å². The number of carbonyl (C=O) groups is 2. The van der Waals surface area contributed by atoms with Crippen LogP contribution in [0.25, 0.3) is 0 Å². The van der Waals surface area contributed by atoms with Gasteiger partial charge in [-0.05, 0) is 49.1 Å². The Hall–Kier alpha value is -2.63. The number of anilines is 2. The molecule has 2 amide bonds. The third kappa shape index (κ3) is 6.06. The van der Waals surface area contributed by atoms with Gasteiger partial charge in [-0.15, -0.1) is 0 Å². The van der Waals surface area contributed by atoms with E-state index >= 15 is 0 Å². The maximum Gasteiger partial charge on any atom is 0.224 e. The molecule has 2 rings (SSSR count). The van der Waals surface area contributed by atoms with Gasteiger partial charge >= 0.3 is 0 Å². The monoisotopic (exact) mass is 342 g/mol. The third-order valence-corrected chi connectivity index (χ3v) is 3.78.